The first kappa shape index (κ1) is 13.5. The van der Waals surface area contributed by atoms with Crippen LogP contribution in [0.25, 0.3) is 0 Å². The molecule has 1 N–H and O–H groups in total. The van der Waals surface area contributed by atoms with E-state index in [-0.39, 0.29) is 12.2 Å². The van der Waals surface area contributed by atoms with Crippen LogP contribution in [0.3, 0.4) is 0 Å². The van der Waals surface area contributed by atoms with E-state index in [0.29, 0.717) is 5.56 Å². The molecule has 3 nitrogen and oxygen atoms in total. The van der Waals surface area contributed by atoms with Crippen molar-refractivity contribution in [1.82, 2.24) is 0 Å². The number of rotatable bonds is 3. The molecular weight excluding hydrogens is 276 g/mol. The number of fused-ring (bicyclic) bond motifs is 8. The zero-order chi connectivity index (χ0) is 15.4. The molecule has 0 radical (unpaired) electrons. The van der Waals surface area contributed by atoms with Gasteiger partial charge in [-0.1, -0.05) is 32.0 Å². The Kier molecular flexibility index (Phi) is 2.88. The maximum atomic E-state index is 11.2. The zero-order valence-corrected chi connectivity index (χ0v) is 12.7. The molecule has 2 aromatic carbocycles. The van der Waals surface area contributed by atoms with Crippen molar-refractivity contribution in [3.8, 4) is 0 Å². The molecular formula is C19H18O3. The Hall–Kier alpha value is -2.13. The van der Waals surface area contributed by atoms with Crippen LogP contribution < -0.4 is 0 Å². The first-order valence-electron chi connectivity index (χ1n) is 7.82. The Balaban J connectivity index is 1.87. The molecule has 0 aromatic heterocycles. The van der Waals surface area contributed by atoms with Gasteiger partial charge in [0.1, 0.15) is 12.2 Å². The minimum absolute atomic E-state index is 0.0333. The fourth-order valence-electron chi connectivity index (χ4n) is 3.78. The van der Waals surface area contributed by atoms with E-state index < -0.39 is 5.97 Å². The quantitative estimate of drug-likeness (QED) is 0.929. The highest BCUT2D eigenvalue weighted by molar-refractivity contribution is 5.88. The normalized spacial score (nSPS) is 20.8. The molecule has 2 aliphatic rings. The van der Waals surface area contributed by atoms with E-state index in [4.69, 9.17) is 4.74 Å². The number of benzene rings is 2. The lowest BCUT2D eigenvalue weighted by Crippen LogP contribution is -2.07. The van der Waals surface area contributed by atoms with Crippen LogP contribution in [0.5, 0.6) is 0 Å². The largest absolute Gasteiger partial charge is 0.478 e. The fourth-order valence-corrected chi connectivity index (χ4v) is 3.78. The highest BCUT2D eigenvalue weighted by Gasteiger charge is 2.43. The third kappa shape index (κ3) is 1.69. The van der Waals surface area contributed by atoms with Gasteiger partial charge in [-0.2, -0.15) is 0 Å². The summed E-state index contributed by atoms with van der Waals surface area (Å²) in [6, 6.07) is 9.89. The second-order valence-electron chi connectivity index (χ2n) is 6.00. The van der Waals surface area contributed by atoms with Crippen LogP contribution in [0.1, 0.15) is 69.8 Å². The lowest BCUT2D eigenvalue weighted by atomic mass is 9.82. The Morgan fingerprint density at radius 2 is 1.50 bits per heavy atom. The number of carbonyl (C=O) groups is 1. The van der Waals surface area contributed by atoms with Gasteiger partial charge >= 0.3 is 5.97 Å². The maximum absolute atomic E-state index is 11.2. The maximum Gasteiger partial charge on any atom is 0.335 e. The van der Waals surface area contributed by atoms with Gasteiger partial charge in [-0.15, -0.1) is 0 Å². The molecule has 0 amide bonds. The van der Waals surface area contributed by atoms with Crippen molar-refractivity contribution >= 4 is 5.97 Å². The molecule has 4 rings (SSSR count). The summed E-state index contributed by atoms with van der Waals surface area (Å²) in [4.78, 5) is 11.2. The van der Waals surface area contributed by atoms with Gasteiger partial charge in [-0.05, 0) is 58.4 Å². The average Bonchev–Trinajstić information content (AvgIpc) is 3.09. The lowest BCUT2D eigenvalue weighted by Gasteiger charge is -2.19. The van der Waals surface area contributed by atoms with E-state index in [1.807, 2.05) is 6.07 Å². The third-order valence-corrected chi connectivity index (χ3v) is 4.90. The van der Waals surface area contributed by atoms with E-state index in [1.54, 1.807) is 12.1 Å². The van der Waals surface area contributed by atoms with Gasteiger partial charge in [0.2, 0.25) is 0 Å². The molecule has 0 spiro atoms. The Labute approximate surface area is 129 Å². The summed E-state index contributed by atoms with van der Waals surface area (Å²) >= 11 is 0. The predicted molar refractivity (Wildman–Crippen MR) is 83.4 cm³/mol. The number of hydrogen-bond acceptors (Lipinski definition) is 2. The minimum atomic E-state index is -0.888. The van der Waals surface area contributed by atoms with Crippen LogP contribution in [-0.4, -0.2) is 11.1 Å². The summed E-state index contributed by atoms with van der Waals surface area (Å²) < 4.78 is 6.15. The average molecular weight is 294 g/mol. The second-order valence-corrected chi connectivity index (χ2v) is 6.00. The molecule has 0 saturated heterocycles. The van der Waals surface area contributed by atoms with E-state index >= 15 is 0 Å². The van der Waals surface area contributed by atoms with Crippen LogP contribution in [-0.2, 0) is 17.6 Å². The molecule has 2 bridgehead atoms. The smallest absolute Gasteiger partial charge is 0.335 e. The number of ether oxygens (including phenoxy) is 1. The van der Waals surface area contributed by atoms with Gasteiger partial charge < -0.3 is 9.84 Å². The van der Waals surface area contributed by atoms with Crippen molar-refractivity contribution in [2.75, 3.05) is 0 Å². The van der Waals surface area contributed by atoms with Gasteiger partial charge in [0.25, 0.3) is 0 Å². The number of aromatic carboxylic acids is 1. The summed E-state index contributed by atoms with van der Waals surface area (Å²) in [7, 11) is 0. The molecule has 0 unspecified atom stereocenters. The van der Waals surface area contributed by atoms with Crippen molar-refractivity contribution in [1.29, 1.82) is 0 Å². The summed E-state index contributed by atoms with van der Waals surface area (Å²) in [5, 5.41) is 9.19. The summed E-state index contributed by atoms with van der Waals surface area (Å²) in [6.07, 6.45) is 1.90. The second kappa shape index (κ2) is 4.68. The standard InChI is InChI=1S/C19H18O3/c1-3-10-7-15-16(8-11(10)4-2)18-14-9-12(19(20)21)5-6-13(14)17(15)22-18/h5-9,17-18H,3-4H2,1-2H3,(H,20,21)/t17-,18+/m0/s1. The van der Waals surface area contributed by atoms with Crippen LogP contribution in [0.15, 0.2) is 30.3 Å². The van der Waals surface area contributed by atoms with Crippen molar-refractivity contribution in [3.63, 3.8) is 0 Å². The van der Waals surface area contributed by atoms with Crippen LogP contribution in [0.2, 0.25) is 0 Å². The number of hydrogen-bond donors (Lipinski definition) is 1. The lowest BCUT2D eigenvalue weighted by molar-refractivity contribution is 0.0696. The van der Waals surface area contributed by atoms with Crippen molar-refractivity contribution < 1.29 is 14.6 Å². The van der Waals surface area contributed by atoms with Gasteiger partial charge in [-0.3, -0.25) is 0 Å². The van der Waals surface area contributed by atoms with Gasteiger partial charge in [0, 0.05) is 0 Å². The number of carboxylic acid groups (broad SMARTS) is 1. The molecule has 0 saturated carbocycles. The topological polar surface area (TPSA) is 46.5 Å². The predicted octanol–water partition coefficient (Wildman–Crippen LogP) is 4.03. The van der Waals surface area contributed by atoms with Gasteiger partial charge in [-0.25, -0.2) is 4.79 Å². The summed E-state index contributed by atoms with van der Waals surface area (Å²) in [5.74, 6) is -0.888. The van der Waals surface area contributed by atoms with E-state index in [1.165, 1.54) is 22.3 Å². The SMILES string of the molecule is CCc1cc2c(cc1CC)[C@H]1O[C@@H]2c2cc(C(=O)O)ccc21. The van der Waals surface area contributed by atoms with Gasteiger partial charge in [0.05, 0.1) is 5.56 Å². The Morgan fingerprint density at radius 1 is 0.955 bits per heavy atom. The molecule has 2 atom stereocenters. The van der Waals surface area contributed by atoms with Crippen LogP contribution >= 0.6 is 0 Å². The number of aryl methyl sites for hydroxylation is 2. The highest BCUT2D eigenvalue weighted by Crippen LogP contribution is 2.54. The molecule has 2 heterocycles. The monoisotopic (exact) mass is 294 g/mol. The van der Waals surface area contributed by atoms with Crippen LogP contribution in [0, 0.1) is 0 Å². The van der Waals surface area contributed by atoms with E-state index in [2.05, 4.69) is 26.0 Å². The third-order valence-electron chi connectivity index (χ3n) is 4.90. The van der Waals surface area contributed by atoms with E-state index in [0.717, 1.165) is 24.0 Å². The fraction of sp³-hybridized carbons (Fsp3) is 0.316. The highest BCUT2D eigenvalue weighted by atomic mass is 16.5. The van der Waals surface area contributed by atoms with Crippen molar-refractivity contribution in [2.45, 2.75) is 38.9 Å². The molecule has 2 aromatic rings. The number of carboxylic acids is 1. The molecule has 112 valence electrons. The molecule has 2 aliphatic heterocycles. The first-order valence-corrected chi connectivity index (χ1v) is 7.82. The summed E-state index contributed by atoms with van der Waals surface area (Å²) in [6.45, 7) is 4.35. The van der Waals surface area contributed by atoms with Crippen LogP contribution in [0.4, 0.5) is 0 Å². The summed E-state index contributed by atoms with van der Waals surface area (Å²) in [5.41, 5.74) is 7.70. The molecule has 0 fully saturated rings. The molecule has 22 heavy (non-hydrogen) atoms. The Morgan fingerprint density at radius 3 is 2.05 bits per heavy atom. The van der Waals surface area contributed by atoms with Crippen molar-refractivity contribution in [2.24, 2.45) is 0 Å². The first-order chi connectivity index (χ1) is 10.6. The minimum Gasteiger partial charge on any atom is -0.478 e. The van der Waals surface area contributed by atoms with E-state index in [9.17, 15) is 9.90 Å². The molecule has 0 aliphatic carbocycles. The van der Waals surface area contributed by atoms with Gasteiger partial charge in [0.15, 0.2) is 0 Å². The zero-order valence-electron chi connectivity index (χ0n) is 12.7. The molecule has 3 heteroatoms. The Bertz CT molecular complexity index is 792. The van der Waals surface area contributed by atoms with Crippen molar-refractivity contribution in [3.05, 3.63) is 69.3 Å².